The fraction of sp³-hybridized carbons (Fsp3) is 0.588. The Hall–Kier alpha value is -0.470. The predicted molar refractivity (Wildman–Crippen MR) is 113 cm³/mol. The van der Waals surface area contributed by atoms with Crippen LogP contribution in [0.3, 0.4) is 0 Å². The maximum absolute atomic E-state index is 6.21. The fourth-order valence-corrected chi connectivity index (χ4v) is 3.75. The summed E-state index contributed by atoms with van der Waals surface area (Å²) in [7, 11) is 0. The first-order valence-corrected chi connectivity index (χ1v) is 9.33. The summed E-state index contributed by atoms with van der Waals surface area (Å²) in [6, 6.07) is 10.9. The largest absolute Gasteiger partial charge is 0.370 e. The highest BCUT2D eigenvalue weighted by Crippen LogP contribution is 2.21. The molecule has 1 unspecified atom stereocenters. The van der Waals surface area contributed by atoms with Gasteiger partial charge in [0.25, 0.3) is 0 Å². The Morgan fingerprint density at radius 1 is 1.22 bits per heavy atom. The van der Waals surface area contributed by atoms with Crippen LogP contribution in [0.2, 0.25) is 0 Å². The van der Waals surface area contributed by atoms with Gasteiger partial charge in [-0.25, -0.2) is 0 Å². The van der Waals surface area contributed by atoms with Gasteiger partial charge in [0, 0.05) is 24.6 Å². The number of halogens is 1. The lowest BCUT2D eigenvalue weighted by Gasteiger charge is -2.30. The van der Waals surface area contributed by atoms with Gasteiger partial charge in [0.1, 0.15) is 0 Å². The molecule has 2 N–H and O–H groups in total. The van der Waals surface area contributed by atoms with Crippen LogP contribution in [0.5, 0.6) is 0 Å². The highest BCUT2D eigenvalue weighted by molar-refractivity contribution is 14.0. The first-order valence-electron chi connectivity index (χ1n) is 8.17. The van der Waals surface area contributed by atoms with Crippen molar-refractivity contribution in [1.82, 2.24) is 9.80 Å². The van der Waals surface area contributed by atoms with Gasteiger partial charge in [0.05, 0.1) is 12.6 Å². The molecule has 1 aromatic carbocycles. The number of nitrogens with two attached hydrogens (primary N) is 1. The van der Waals surface area contributed by atoms with Crippen LogP contribution in [0.15, 0.2) is 35.3 Å². The smallest absolute Gasteiger partial charge is 0.191 e. The normalized spacial score (nSPS) is 17.0. The van der Waals surface area contributed by atoms with Crippen molar-refractivity contribution in [3.8, 4) is 0 Å². The number of aliphatic imine (C=N–C) groups is 1. The van der Waals surface area contributed by atoms with Crippen LogP contribution in [0.4, 0.5) is 0 Å². The summed E-state index contributed by atoms with van der Waals surface area (Å²) >= 11 is 1.99. The van der Waals surface area contributed by atoms with E-state index in [9.17, 15) is 0 Å². The number of thioether (sulfide) groups is 1. The number of benzene rings is 1. The highest BCUT2D eigenvalue weighted by atomic mass is 127. The minimum atomic E-state index is 0. The predicted octanol–water partition coefficient (Wildman–Crippen LogP) is 3.05. The van der Waals surface area contributed by atoms with E-state index in [0.29, 0.717) is 12.0 Å². The van der Waals surface area contributed by atoms with E-state index in [2.05, 4.69) is 54.0 Å². The van der Waals surface area contributed by atoms with Gasteiger partial charge in [-0.1, -0.05) is 44.2 Å². The SMILES string of the molecule is CCN(CC)C(CN=C(N)N1CCSCC1)c1ccccc1.I. The Kier molecular flexibility index (Phi) is 9.97. The third kappa shape index (κ3) is 6.15. The second-order valence-electron chi connectivity index (χ2n) is 5.45. The van der Waals surface area contributed by atoms with Crippen LogP contribution < -0.4 is 5.73 Å². The molecule has 0 saturated carbocycles. The van der Waals surface area contributed by atoms with Crippen LogP contribution in [-0.2, 0) is 0 Å². The Bertz CT molecular complexity index is 459. The maximum Gasteiger partial charge on any atom is 0.191 e. The monoisotopic (exact) mass is 448 g/mol. The van der Waals surface area contributed by atoms with Crippen molar-refractivity contribution in [2.75, 3.05) is 44.2 Å². The minimum absolute atomic E-state index is 0. The third-order valence-electron chi connectivity index (χ3n) is 4.20. The number of hydrogen-bond acceptors (Lipinski definition) is 3. The molecule has 0 aromatic heterocycles. The Morgan fingerprint density at radius 3 is 2.39 bits per heavy atom. The number of guanidine groups is 1. The van der Waals surface area contributed by atoms with Gasteiger partial charge in [-0.2, -0.15) is 11.8 Å². The van der Waals surface area contributed by atoms with Gasteiger partial charge in [0.2, 0.25) is 0 Å². The Morgan fingerprint density at radius 2 is 1.83 bits per heavy atom. The molecular formula is C17H29IN4S. The number of likely N-dealkylation sites (N-methyl/N-ethyl adjacent to an activating group) is 1. The Balaban J connectivity index is 0.00000264. The van der Waals surface area contributed by atoms with Crippen LogP contribution >= 0.6 is 35.7 Å². The van der Waals surface area contributed by atoms with Crippen LogP contribution in [0.1, 0.15) is 25.5 Å². The second kappa shape index (κ2) is 11.1. The average molecular weight is 448 g/mol. The molecule has 1 atom stereocenters. The molecule has 0 amide bonds. The summed E-state index contributed by atoms with van der Waals surface area (Å²) in [6.45, 7) is 9.20. The maximum atomic E-state index is 6.21. The zero-order valence-electron chi connectivity index (χ0n) is 14.1. The lowest BCUT2D eigenvalue weighted by molar-refractivity contribution is 0.224. The van der Waals surface area contributed by atoms with E-state index in [1.807, 2.05) is 11.8 Å². The summed E-state index contributed by atoms with van der Waals surface area (Å²) in [5.74, 6) is 3.00. The molecule has 0 aliphatic carbocycles. The molecule has 0 radical (unpaired) electrons. The van der Waals surface area contributed by atoms with Crippen molar-refractivity contribution in [2.45, 2.75) is 19.9 Å². The molecule has 4 nitrogen and oxygen atoms in total. The van der Waals surface area contributed by atoms with E-state index in [0.717, 1.165) is 44.2 Å². The molecule has 130 valence electrons. The highest BCUT2D eigenvalue weighted by Gasteiger charge is 2.18. The number of rotatable bonds is 6. The van der Waals surface area contributed by atoms with Crippen LogP contribution in [0, 0.1) is 0 Å². The summed E-state index contributed by atoms with van der Waals surface area (Å²) in [5, 5.41) is 0. The van der Waals surface area contributed by atoms with E-state index >= 15 is 0 Å². The summed E-state index contributed by atoms with van der Waals surface area (Å²) in [4.78, 5) is 9.36. The summed E-state index contributed by atoms with van der Waals surface area (Å²) in [5.41, 5.74) is 7.52. The minimum Gasteiger partial charge on any atom is -0.370 e. The molecule has 2 rings (SSSR count). The van der Waals surface area contributed by atoms with Crippen LogP contribution in [-0.4, -0.2) is 60.0 Å². The fourth-order valence-electron chi connectivity index (χ4n) is 2.84. The van der Waals surface area contributed by atoms with Gasteiger partial charge in [-0.05, 0) is 18.7 Å². The number of nitrogens with zero attached hydrogens (tertiary/aromatic N) is 3. The summed E-state index contributed by atoms with van der Waals surface area (Å²) < 4.78 is 0. The van der Waals surface area contributed by atoms with Gasteiger partial charge in [-0.3, -0.25) is 9.89 Å². The zero-order chi connectivity index (χ0) is 15.8. The first kappa shape index (κ1) is 20.6. The van der Waals surface area contributed by atoms with Crippen LogP contribution in [0.25, 0.3) is 0 Å². The second-order valence-corrected chi connectivity index (χ2v) is 6.67. The van der Waals surface area contributed by atoms with E-state index in [1.54, 1.807) is 0 Å². The van der Waals surface area contributed by atoms with Crippen molar-refractivity contribution < 1.29 is 0 Å². The van der Waals surface area contributed by atoms with E-state index in [1.165, 1.54) is 5.56 Å². The molecule has 23 heavy (non-hydrogen) atoms. The molecule has 1 aliphatic rings. The molecule has 6 heteroatoms. The van der Waals surface area contributed by atoms with Crippen molar-refractivity contribution in [2.24, 2.45) is 10.7 Å². The topological polar surface area (TPSA) is 44.9 Å². The van der Waals surface area contributed by atoms with E-state index in [4.69, 9.17) is 10.7 Å². The van der Waals surface area contributed by atoms with E-state index < -0.39 is 0 Å². The lowest BCUT2D eigenvalue weighted by Crippen LogP contribution is -2.43. The zero-order valence-corrected chi connectivity index (χ0v) is 17.3. The average Bonchev–Trinajstić information content (AvgIpc) is 2.60. The van der Waals surface area contributed by atoms with Crippen molar-refractivity contribution in [1.29, 1.82) is 0 Å². The summed E-state index contributed by atoms with van der Waals surface area (Å²) in [6.07, 6.45) is 0. The molecule has 1 saturated heterocycles. The van der Waals surface area contributed by atoms with Crippen molar-refractivity contribution in [3.63, 3.8) is 0 Å². The first-order chi connectivity index (χ1) is 10.8. The van der Waals surface area contributed by atoms with Gasteiger partial charge < -0.3 is 10.6 Å². The van der Waals surface area contributed by atoms with E-state index in [-0.39, 0.29) is 24.0 Å². The lowest BCUT2D eigenvalue weighted by atomic mass is 10.1. The molecular weight excluding hydrogens is 419 g/mol. The molecule has 1 heterocycles. The molecule has 0 spiro atoms. The third-order valence-corrected chi connectivity index (χ3v) is 5.14. The molecule has 0 bridgehead atoms. The Labute approximate surface area is 161 Å². The standard InChI is InChI=1S/C17H28N4S.HI/c1-3-20(4-2)16(15-8-6-5-7-9-15)14-19-17(18)21-10-12-22-13-11-21;/h5-9,16H,3-4,10-14H2,1-2H3,(H2,18,19);1H. The van der Waals surface area contributed by atoms with Crippen molar-refractivity contribution >= 4 is 41.7 Å². The van der Waals surface area contributed by atoms with Crippen molar-refractivity contribution in [3.05, 3.63) is 35.9 Å². The molecule has 1 aromatic rings. The van der Waals surface area contributed by atoms with Gasteiger partial charge >= 0.3 is 0 Å². The quantitative estimate of drug-likeness (QED) is 0.413. The number of hydrogen-bond donors (Lipinski definition) is 1. The van der Waals surface area contributed by atoms with Gasteiger partial charge in [-0.15, -0.1) is 24.0 Å². The molecule has 1 aliphatic heterocycles. The molecule has 1 fully saturated rings. The van der Waals surface area contributed by atoms with Gasteiger partial charge in [0.15, 0.2) is 5.96 Å².